The summed E-state index contributed by atoms with van der Waals surface area (Å²) in [5.41, 5.74) is 3.39. The topological polar surface area (TPSA) is 122 Å². The van der Waals surface area contributed by atoms with Crippen LogP contribution >= 0.6 is 0 Å². The molecule has 2 aliphatic carbocycles. The van der Waals surface area contributed by atoms with Gasteiger partial charge in [-0.1, -0.05) is 24.3 Å². The number of halogens is 1. The number of benzene rings is 2. The average molecular weight is 502 g/mol. The number of pyridine rings is 2. The lowest BCUT2D eigenvalue weighted by Crippen LogP contribution is -2.31. The Morgan fingerprint density at radius 1 is 0.973 bits per heavy atom. The van der Waals surface area contributed by atoms with Crippen molar-refractivity contribution in [3.05, 3.63) is 94.2 Å². The molecule has 2 heterocycles. The molecule has 0 aliphatic heterocycles. The summed E-state index contributed by atoms with van der Waals surface area (Å²) in [7, 11) is 0. The van der Waals surface area contributed by atoms with Crippen molar-refractivity contribution in [1.29, 1.82) is 0 Å². The van der Waals surface area contributed by atoms with Crippen LogP contribution in [0.3, 0.4) is 0 Å². The molecule has 2 fully saturated rings. The molecule has 4 aromatic rings. The predicted octanol–water partition coefficient (Wildman–Crippen LogP) is 5.18. The van der Waals surface area contributed by atoms with Crippen molar-refractivity contribution in [2.45, 2.75) is 37.6 Å². The lowest BCUT2D eigenvalue weighted by atomic mass is 10.0. The Kier molecular flexibility index (Phi) is 6.43. The van der Waals surface area contributed by atoms with Gasteiger partial charge in [-0.3, -0.25) is 9.59 Å². The van der Waals surface area contributed by atoms with Crippen molar-refractivity contribution in [3.63, 3.8) is 0 Å². The second-order valence-electron chi connectivity index (χ2n) is 9.21. The molecule has 0 bridgehead atoms. The number of rotatable bonds is 5. The molecule has 0 saturated heterocycles. The van der Waals surface area contributed by atoms with Gasteiger partial charge < -0.3 is 20.1 Å². The van der Waals surface area contributed by atoms with E-state index in [-0.39, 0.29) is 28.8 Å². The first-order valence-corrected chi connectivity index (χ1v) is 11.9. The van der Waals surface area contributed by atoms with Crippen LogP contribution in [-0.2, 0) is 0 Å². The molecule has 2 saturated carbocycles. The van der Waals surface area contributed by atoms with Gasteiger partial charge in [0.15, 0.2) is 0 Å². The maximum absolute atomic E-state index is 14.7. The van der Waals surface area contributed by atoms with Crippen molar-refractivity contribution in [1.82, 2.24) is 14.9 Å². The molecule has 0 spiro atoms. The minimum absolute atomic E-state index is 0.0904. The number of nitrogens with one attached hydrogen (secondary N) is 1. The van der Waals surface area contributed by atoms with Gasteiger partial charge in [0.25, 0.3) is 5.91 Å². The van der Waals surface area contributed by atoms with Crippen LogP contribution in [0.2, 0.25) is 0 Å². The fourth-order valence-corrected chi connectivity index (χ4v) is 4.28. The predicted molar refractivity (Wildman–Crippen MR) is 136 cm³/mol. The van der Waals surface area contributed by atoms with E-state index in [1.807, 2.05) is 36.4 Å². The number of nitrogens with zero attached hydrogens (tertiary/aromatic N) is 2. The van der Waals surface area contributed by atoms with Gasteiger partial charge in [-0.05, 0) is 78.6 Å². The van der Waals surface area contributed by atoms with E-state index in [0.717, 1.165) is 48.1 Å². The Morgan fingerprint density at radius 3 is 2.38 bits per heavy atom. The Labute approximate surface area is 211 Å². The monoisotopic (exact) mass is 501 g/mol. The van der Waals surface area contributed by atoms with Crippen LogP contribution in [0.4, 0.5) is 9.18 Å². The first-order valence-electron chi connectivity index (χ1n) is 11.9. The summed E-state index contributed by atoms with van der Waals surface area (Å²) < 4.78 is 16.4. The van der Waals surface area contributed by atoms with Crippen molar-refractivity contribution >= 4 is 23.1 Å². The second-order valence-corrected chi connectivity index (χ2v) is 9.21. The number of fused-ring (bicyclic) bond motifs is 1. The molecule has 2 aliphatic rings. The van der Waals surface area contributed by atoms with E-state index in [2.05, 4.69) is 10.3 Å². The number of hydrogen-bond donors (Lipinski definition) is 3. The Hall–Kier alpha value is -4.53. The quantitative estimate of drug-likeness (QED) is 0.346. The number of carbonyl (C=O) groups excluding carboxylic acids is 1. The summed E-state index contributed by atoms with van der Waals surface area (Å²) in [6, 6.07) is 16.6. The third-order valence-corrected chi connectivity index (χ3v) is 6.39. The van der Waals surface area contributed by atoms with E-state index in [0.29, 0.717) is 17.0 Å². The number of hydrogen-bond acceptors (Lipinski definition) is 4. The highest BCUT2D eigenvalue weighted by molar-refractivity contribution is 5.97. The molecule has 8 nitrogen and oxygen atoms in total. The van der Waals surface area contributed by atoms with Gasteiger partial charge in [-0.15, -0.1) is 0 Å². The lowest BCUT2D eigenvalue weighted by molar-refractivity contribution is 0.0949. The normalized spacial score (nSPS) is 14.5. The van der Waals surface area contributed by atoms with Crippen LogP contribution in [0.5, 0.6) is 0 Å². The highest BCUT2D eigenvalue weighted by Gasteiger charge is 2.27. The summed E-state index contributed by atoms with van der Waals surface area (Å²) in [5, 5.41) is 17.2. The van der Waals surface area contributed by atoms with Gasteiger partial charge in [0, 0.05) is 24.1 Å². The SMILES string of the molecule is O=C(NC1CC1)c1cn(-c2cccc(-c3ccc(C4CC4)c(F)c3)c2)c2ncccc2c1=O.O=C(O)O. The van der Waals surface area contributed by atoms with Crippen LogP contribution in [0.25, 0.3) is 27.8 Å². The summed E-state index contributed by atoms with van der Waals surface area (Å²) in [5.74, 6) is -0.185. The highest BCUT2D eigenvalue weighted by Crippen LogP contribution is 2.42. The van der Waals surface area contributed by atoms with Gasteiger partial charge in [0.1, 0.15) is 17.0 Å². The first kappa shape index (κ1) is 24.2. The fraction of sp³-hybridized carbons (Fsp3) is 0.214. The summed E-state index contributed by atoms with van der Waals surface area (Å²) in [6.45, 7) is 0. The second kappa shape index (κ2) is 9.85. The summed E-state index contributed by atoms with van der Waals surface area (Å²) in [4.78, 5) is 38.8. The van der Waals surface area contributed by atoms with Crippen LogP contribution < -0.4 is 10.7 Å². The molecular formula is C28H24FN3O5. The standard InChI is InChI=1S/C27H22FN3O2.CH2O3/c28-24-14-18(8-11-21(24)16-6-7-16)17-3-1-4-20(13-17)31-15-23(27(33)30-19-9-10-19)25(32)22-5-2-12-29-26(22)31;2-1(3)4/h1-5,8,11-16,19H,6-7,9-10H2,(H,30,33);(H2,2,3,4). The Morgan fingerprint density at radius 2 is 1.70 bits per heavy atom. The average Bonchev–Trinajstić information content (AvgIpc) is 3.80. The molecule has 3 N–H and O–H groups in total. The van der Waals surface area contributed by atoms with Crippen molar-refractivity contribution in [2.24, 2.45) is 0 Å². The number of aromatic nitrogens is 2. The zero-order chi connectivity index (χ0) is 26.1. The molecule has 6 rings (SSSR count). The maximum Gasteiger partial charge on any atom is 0.503 e. The minimum Gasteiger partial charge on any atom is -0.450 e. The number of carboxylic acid groups (broad SMARTS) is 2. The van der Waals surface area contributed by atoms with E-state index in [1.54, 1.807) is 35.2 Å². The molecule has 0 unspecified atom stereocenters. The largest absolute Gasteiger partial charge is 0.503 e. The third-order valence-electron chi connectivity index (χ3n) is 6.39. The first-order chi connectivity index (χ1) is 17.8. The Bertz CT molecular complexity index is 1570. The fourth-order valence-electron chi connectivity index (χ4n) is 4.28. The molecule has 9 heteroatoms. The summed E-state index contributed by atoms with van der Waals surface area (Å²) in [6.07, 6.45) is 5.33. The number of carbonyl (C=O) groups is 2. The van der Waals surface area contributed by atoms with E-state index in [1.165, 1.54) is 0 Å². The van der Waals surface area contributed by atoms with E-state index in [4.69, 9.17) is 15.0 Å². The van der Waals surface area contributed by atoms with Crippen molar-refractivity contribution in [3.8, 4) is 16.8 Å². The molecule has 188 valence electrons. The van der Waals surface area contributed by atoms with Crippen molar-refractivity contribution < 1.29 is 24.2 Å². The summed E-state index contributed by atoms with van der Waals surface area (Å²) >= 11 is 0. The molecule has 2 aromatic heterocycles. The van der Waals surface area contributed by atoms with Crippen molar-refractivity contribution in [2.75, 3.05) is 0 Å². The van der Waals surface area contributed by atoms with Crippen LogP contribution in [0.1, 0.15) is 47.5 Å². The third kappa shape index (κ3) is 5.35. The van der Waals surface area contributed by atoms with Crippen LogP contribution in [-0.4, -0.2) is 37.9 Å². The molecular weight excluding hydrogens is 477 g/mol. The van der Waals surface area contributed by atoms with Gasteiger partial charge >= 0.3 is 6.16 Å². The minimum atomic E-state index is -1.83. The number of amides is 1. The molecule has 0 atom stereocenters. The van der Waals surface area contributed by atoms with Crippen LogP contribution in [0.15, 0.2) is 71.8 Å². The molecule has 37 heavy (non-hydrogen) atoms. The van der Waals surface area contributed by atoms with Gasteiger partial charge in [-0.25, -0.2) is 14.2 Å². The van der Waals surface area contributed by atoms with Gasteiger partial charge in [-0.2, -0.15) is 0 Å². The molecule has 0 radical (unpaired) electrons. The van der Waals surface area contributed by atoms with E-state index in [9.17, 15) is 14.0 Å². The van der Waals surface area contributed by atoms with Gasteiger partial charge in [0.2, 0.25) is 5.43 Å². The molecule has 1 amide bonds. The van der Waals surface area contributed by atoms with Gasteiger partial charge in [0.05, 0.1) is 5.39 Å². The van der Waals surface area contributed by atoms with E-state index >= 15 is 0 Å². The zero-order valence-electron chi connectivity index (χ0n) is 19.7. The van der Waals surface area contributed by atoms with E-state index < -0.39 is 6.16 Å². The Balaban J connectivity index is 0.000000655. The zero-order valence-corrected chi connectivity index (χ0v) is 19.7. The van der Waals surface area contributed by atoms with Crippen LogP contribution in [0, 0.1) is 5.82 Å². The lowest BCUT2D eigenvalue weighted by Gasteiger charge is -2.14. The maximum atomic E-state index is 14.7. The molecule has 2 aromatic carbocycles. The smallest absolute Gasteiger partial charge is 0.450 e. The highest BCUT2D eigenvalue weighted by atomic mass is 19.1.